The lowest BCUT2D eigenvalue weighted by Crippen LogP contribution is -2.24. The Morgan fingerprint density at radius 3 is 2.71 bits per heavy atom. The Balaban J connectivity index is 1.58. The van der Waals surface area contributed by atoms with Crippen molar-refractivity contribution in [3.05, 3.63) is 19.2 Å². The first-order chi connectivity index (χ1) is 8.25. The van der Waals surface area contributed by atoms with Crippen molar-refractivity contribution in [1.82, 2.24) is 10.2 Å². The molecule has 0 aliphatic carbocycles. The van der Waals surface area contributed by atoms with Crippen molar-refractivity contribution in [3.8, 4) is 0 Å². The van der Waals surface area contributed by atoms with Crippen LogP contribution in [0.25, 0.3) is 0 Å². The molecule has 0 amide bonds. The first kappa shape index (κ1) is 14.0. The minimum atomic E-state index is 0.961. The zero-order valence-electron chi connectivity index (χ0n) is 9.85. The average molecular weight is 382 g/mol. The van der Waals surface area contributed by atoms with Gasteiger partial charge in [-0.2, -0.15) is 0 Å². The van der Waals surface area contributed by atoms with E-state index in [4.69, 9.17) is 0 Å². The summed E-state index contributed by atoms with van der Waals surface area (Å²) in [6.07, 6.45) is 4.04. The quantitative estimate of drug-likeness (QED) is 0.753. The lowest BCUT2D eigenvalue weighted by Gasteiger charge is -2.14. The fourth-order valence-corrected chi connectivity index (χ4v) is 4.98. The van der Waals surface area contributed by atoms with Crippen molar-refractivity contribution in [1.29, 1.82) is 0 Å². The van der Waals surface area contributed by atoms with E-state index >= 15 is 0 Å². The summed E-state index contributed by atoms with van der Waals surface area (Å²) < 4.78 is 2.43. The van der Waals surface area contributed by atoms with Gasteiger partial charge in [-0.3, -0.25) is 0 Å². The molecule has 0 spiro atoms. The highest BCUT2D eigenvalue weighted by molar-refractivity contribution is 9.12. The predicted octanol–water partition coefficient (Wildman–Crippen LogP) is 3.85. The van der Waals surface area contributed by atoms with E-state index in [1.165, 1.54) is 52.0 Å². The molecule has 0 bridgehead atoms. The highest BCUT2D eigenvalue weighted by atomic mass is 79.9. The van der Waals surface area contributed by atoms with Gasteiger partial charge in [0.05, 0.1) is 7.57 Å². The first-order valence-corrected chi connectivity index (χ1v) is 8.53. The van der Waals surface area contributed by atoms with Crippen LogP contribution in [0.1, 0.15) is 24.8 Å². The van der Waals surface area contributed by atoms with E-state index in [9.17, 15) is 0 Å². The summed E-state index contributed by atoms with van der Waals surface area (Å²) in [4.78, 5) is 2.57. The fourth-order valence-electron chi connectivity index (χ4n) is 2.15. The number of nitrogens with zero attached hydrogens (tertiary/aromatic N) is 1. The Morgan fingerprint density at radius 2 is 2.06 bits per heavy atom. The second-order valence-electron chi connectivity index (χ2n) is 4.43. The van der Waals surface area contributed by atoms with Gasteiger partial charge in [0.1, 0.15) is 0 Å². The van der Waals surface area contributed by atoms with Crippen molar-refractivity contribution >= 4 is 43.2 Å². The molecule has 1 aliphatic rings. The van der Waals surface area contributed by atoms with Crippen molar-refractivity contribution in [2.45, 2.75) is 25.8 Å². The molecule has 1 saturated heterocycles. The van der Waals surface area contributed by atoms with Crippen LogP contribution < -0.4 is 5.32 Å². The maximum absolute atomic E-state index is 3.58. The van der Waals surface area contributed by atoms with Gasteiger partial charge in [0.15, 0.2) is 0 Å². The minimum Gasteiger partial charge on any atom is -0.313 e. The molecule has 1 aliphatic heterocycles. The molecule has 1 aromatic rings. The Bertz CT molecular complexity index is 348. The molecule has 2 nitrogen and oxygen atoms in total. The Morgan fingerprint density at radius 1 is 1.29 bits per heavy atom. The topological polar surface area (TPSA) is 15.3 Å². The van der Waals surface area contributed by atoms with E-state index in [1.54, 1.807) is 11.3 Å². The van der Waals surface area contributed by atoms with Gasteiger partial charge in [0.2, 0.25) is 0 Å². The summed E-state index contributed by atoms with van der Waals surface area (Å²) >= 11 is 8.82. The van der Waals surface area contributed by atoms with Gasteiger partial charge in [-0.25, -0.2) is 0 Å². The van der Waals surface area contributed by atoms with Gasteiger partial charge in [-0.05, 0) is 88.9 Å². The maximum atomic E-state index is 3.58. The maximum Gasteiger partial charge on any atom is 0.0755 e. The SMILES string of the molecule is Brc1cc(CNCCCN2CCCC2)c(Br)s1. The van der Waals surface area contributed by atoms with E-state index < -0.39 is 0 Å². The highest BCUT2D eigenvalue weighted by Crippen LogP contribution is 2.31. The molecule has 0 saturated carbocycles. The molecule has 1 fully saturated rings. The average Bonchev–Trinajstić information content (AvgIpc) is 2.89. The molecule has 1 N–H and O–H groups in total. The predicted molar refractivity (Wildman–Crippen MR) is 81.7 cm³/mol. The summed E-state index contributed by atoms with van der Waals surface area (Å²) in [5, 5.41) is 3.51. The number of hydrogen-bond donors (Lipinski definition) is 1. The summed E-state index contributed by atoms with van der Waals surface area (Å²) in [5.74, 6) is 0. The van der Waals surface area contributed by atoms with E-state index in [1.807, 2.05) is 0 Å². The molecular weight excluding hydrogens is 364 g/mol. The third-order valence-electron chi connectivity index (χ3n) is 3.07. The first-order valence-electron chi connectivity index (χ1n) is 6.12. The van der Waals surface area contributed by atoms with Gasteiger partial charge < -0.3 is 10.2 Å². The van der Waals surface area contributed by atoms with Gasteiger partial charge in [-0.1, -0.05) is 0 Å². The second-order valence-corrected chi connectivity index (χ2v) is 8.18. The largest absolute Gasteiger partial charge is 0.313 e. The van der Waals surface area contributed by atoms with Crippen LogP contribution in [0.4, 0.5) is 0 Å². The molecule has 5 heteroatoms. The molecule has 96 valence electrons. The molecule has 1 aromatic heterocycles. The van der Waals surface area contributed by atoms with E-state index in [2.05, 4.69) is 48.1 Å². The van der Waals surface area contributed by atoms with E-state index in [0.29, 0.717) is 0 Å². The standard InChI is InChI=1S/C12H18Br2N2S/c13-11-8-10(12(14)17-11)9-15-4-3-7-16-5-1-2-6-16/h8,15H,1-7,9H2. The Kier molecular flexibility index (Phi) is 5.96. The smallest absolute Gasteiger partial charge is 0.0755 e. The summed E-state index contributed by atoms with van der Waals surface area (Å²) in [7, 11) is 0. The lowest BCUT2D eigenvalue weighted by molar-refractivity contribution is 0.331. The Labute approximate surface area is 124 Å². The highest BCUT2D eigenvalue weighted by Gasteiger charge is 2.10. The van der Waals surface area contributed by atoms with Crippen LogP contribution in [-0.2, 0) is 6.54 Å². The number of likely N-dealkylation sites (tertiary alicyclic amines) is 1. The zero-order valence-corrected chi connectivity index (χ0v) is 13.8. The van der Waals surface area contributed by atoms with Gasteiger partial charge in [0.25, 0.3) is 0 Å². The van der Waals surface area contributed by atoms with Crippen LogP contribution in [0.2, 0.25) is 0 Å². The second kappa shape index (κ2) is 7.24. The summed E-state index contributed by atoms with van der Waals surface area (Å²) in [6.45, 7) is 5.94. The van der Waals surface area contributed by atoms with E-state index in [0.717, 1.165) is 13.1 Å². The van der Waals surface area contributed by atoms with Gasteiger partial charge >= 0.3 is 0 Å². The van der Waals surface area contributed by atoms with Gasteiger partial charge in [0, 0.05) is 6.54 Å². The van der Waals surface area contributed by atoms with Crippen LogP contribution in [-0.4, -0.2) is 31.1 Å². The van der Waals surface area contributed by atoms with Crippen molar-refractivity contribution in [2.24, 2.45) is 0 Å². The van der Waals surface area contributed by atoms with Crippen LogP contribution in [0.15, 0.2) is 13.6 Å². The lowest BCUT2D eigenvalue weighted by atomic mass is 10.3. The molecule has 2 rings (SSSR count). The Hall–Kier alpha value is 0.580. The van der Waals surface area contributed by atoms with Gasteiger partial charge in [-0.15, -0.1) is 11.3 Å². The van der Waals surface area contributed by atoms with Crippen LogP contribution in [0, 0.1) is 0 Å². The third kappa shape index (κ3) is 4.63. The number of hydrogen-bond acceptors (Lipinski definition) is 3. The summed E-state index contributed by atoms with van der Waals surface area (Å²) in [5.41, 5.74) is 1.35. The molecule has 0 aromatic carbocycles. The number of nitrogens with one attached hydrogen (secondary N) is 1. The minimum absolute atomic E-state index is 0.961. The zero-order chi connectivity index (χ0) is 12.1. The molecule has 0 unspecified atom stereocenters. The summed E-state index contributed by atoms with van der Waals surface area (Å²) in [6, 6.07) is 2.18. The molecule has 2 heterocycles. The molecule has 0 radical (unpaired) electrons. The van der Waals surface area contributed by atoms with Crippen molar-refractivity contribution in [2.75, 3.05) is 26.2 Å². The number of rotatable bonds is 6. The fraction of sp³-hybridized carbons (Fsp3) is 0.667. The van der Waals surface area contributed by atoms with E-state index in [-0.39, 0.29) is 0 Å². The number of halogens is 2. The normalized spacial score (nSPS) is 16.8. The monoisotopic (exact) mass is 380 g/mol. The molecule has 17 heavy (non-hydrogen) atoms. The van der Waals surface area contributed by atoms with Crippen LogP contribution in [0.5, 0.6) is 0 Å². The van der Waals surface area contributed by atoms with Crippen LogP contribution >= 0.6 is 43.2 Å². The molecule has 0 atom stereocenters. The van der Waals surface area contributed by atoms with Crippen LogP contribution in [0.3, 0.4) is 0 Å². The van der Waals surface area contributed by atoms with Crippen molar-refractivity contribution in [3.63, 3.8) is 0 Å². The third-order valence-corrected chi connectivity index (χ3v) is 5.53. The van der Waals surface area contributed by atoms with Crippen molar-refractivity contribution < 1.29 is 0 Å². The molecular formula is C12H18Br2N2S. The number of thiophene rings is 1.